The first-order valence-corrected chi connectivity index (χ1v) is 7.46. The maximum Gasteiger partial charge on any atom is 0.140 e. The average molecular weight is 295 g/mol. The standard InChI is InChI=1S/C16H17N5O/c1-2-17-15-6-14(19-10-20-15)13-7-21(11-8-22-9-11)16-12(13)4-3-5-18-16/h3-7,10-11H,2,8-9H2,1H3,(H,17,19,20). The van der Waals surface area contributed by atoms with Crippen molar-refractivity contribution in [3.05, 3.63) is 36.9 Å². The Morgan fingerprint density at radius 1 is 1.32 bits per heavy atom. The molecule has 0 amide bonds. The first-order valence-electron chi connectivity index (χ1n) is 7.46. The minimum atomic E-state index is 0.362. The molecule has 4 heterocycles. The van der Waals surface area contributed by atoms with E-state index in [1.165, 1.54) is 0 Å². The molecule has 1 N–H and O–H groups in total. The van der Waals surface area contributed by atoms with Gasteiger partial charge in [-0.05, 0) is 19.1 Å². The first kappa shape index (κ1) is 13.2. The molecule has 112 valence electrons. The molecule has 6 heteroatoms. The van der Waals surface area contributed by atoms with Crippen molar-refractivity contribution in [2.24, 2.45) is 0 Å². The van der Waals surface area contributed by atoms with Crippen LogP contribution >= 0.6 is 0 Å². The lowest BCUT2D eigenvalue weighted by Gasteiger charge is -2.27. The molecule has 1 fully saturated rings. The zero-order valence-corrected chi connectivity index (χ0v) is 12.4. The van der Waals surface area contributed by atoms with E-state index in [9.17, 15) is 0 Å². The van der Waals surface area contributed by atoms with Crippen molar-refractivity contribution >= 4 is 16.9 Å². The summed E-state index contributed by atoms with van der Waals surface area (Å²) < 4.78 is 7.52. The summed E-state index contributed by atoms with van der Waals surface area (Å²) in [5.74, 6) is 0.837. The smallest absolute Gasteiger partial charge is 0.140 e. The van der Waals surface area contributed by atoms with Gasteiger partial charge in [0, 0.05) is 36.0 Å². The van der Waals surface area contributed by atoms with Crippen LogP contribution < -0.4 is 5.32 Å². The third kappa shape index (κ3) is 2.12. The lowest BCUT2D eigenvalue weighted by molar-refractivity contribution is -0.0215. The molecular formula is C16H17N5O. The molecule has 3 aromatic heterocycles. The van der Waals surface area contributed by atoms with Gasteiger partial charge in [-0.1, -0.05) is 0 Å². The topological polar surface area (TPSA) is 64.9 Å². The van der Waals surface area contributed by atoms with Crippen molar-refractivity contribution in [3.8, 4) is 11.3 Å². The Hall–Kier alpha value is -2.47. The Bertz CT molecular complexity index is 809. The molecule has 6 nitrogen and oxygen atoms in total. The molecule has 0 radical (unpaired) electrons. The van der Waals surface area contributed by atoms with E-state index >= 15 is 0 Å². The van der Waals surface area contributed by atoms with Crippen molar-refractivity contribution < 1.29 is 4.74 Å². The lowest BCUT2D eigenvalue weighted by atomic mass is 10.1. The summed E-state index contributed by atoms with van der Waals surface area (Å²) in [6.45, 7) is 4.37. The Morgan fingerprint density at radius 3 is 3.00 bits per heavy atom. The summed E-state index contributed by atoms with van der Waals surface area (Å²) in [6.07, 6.45) is 5.55. The summed E-state index contributed by atoms with van der Waals surface area (Å²) in [5, 5.41) is 4.33. The van der Waals surface area contributed by atoms with Crippen molar-refractivity contribution in [1.29, 1.82) is 0 Å². The van der Waals surface area contributed by atoms with Crippen LogP contribution in [0.15, 0.2) is 36.9 Å². The predicted octanol–water partition coefficient (Wildman–Crippen LogP) is 2.50. The molecule has 22 heavy (non-hydrogen) atoms. The fraction of sp³-hybridized carbons (Fsp3) is 0.312. The Morgan fingerprint density at radius 2 is 2.23 bits per heavy atom. The van der Waals surface area contributed by atoms with Gasteiger partial charge in [0.25, 0.3) is 0 Å². The number of nitrogens with one attached hydrogen (secondary N) is 1. The van der Waals surface area contributed by atoms with Crippen LogP contribution in [0.3, 0.4) is 0 Å². The number of hydrogen-bond donors (Lipinski definition) is 1. The van der Waals surface area contributed by atoms with E-state index in [0.717, 1.165) is 47.9 Å². The normalized spacial score (nSPS) is 15.0. The van der Waals surface area contributed by atoms with Gasteiger partial charge in [-0.3, -0.25) is 0 Å². The maximum absolute atomic E-state index is 5.32. The molecule has 4 rings (SSSR count). The van der Waals surface area contributed by atoms with Crippen LogP contribution in [0.1, 0.15) is 13.0 Å². The zero-order chi connectivity index (χ0) is 14.9. The minimum Gasteiger partial charge on any atom is -0.377 e. The highest BCUT2D eigenvalue weighted by atomic mass is 16.5. The Labute approximate surface area is 128 Å². The molecule has 0 aromatic carbocycles. The average Bonchev–Trinajstić information content (AvgIpc) is 2.86. The molecule has 0 spiro atoms. The first-order chi connectivity index (χ1) is 10.9. The SMILES string of the molecule is CCNc1cc(-c2cn(C3COC3)c3ncccc23)ncn1. The summed E-state index contributed by atoms with van der Waals surface area (Å²) in [7, 11) is 0. The van der Waals surface area contributed by atoms with E-state index in [-0.39, 0.29) is 0 Å². The second-order valence-electron chi connectivity index (χ2n) is 5.33. The fourth-order valence-electron chi connectivity index (χ4n) is 2.73. The van der Waals surface area contributed by atoms with Crippen LogP contribution in [0, 0.1) is 0 Å². The molecule has 0 saturated carbocycles. The summed E-state index contributed by atoms with van der Waals surface area (Å²) in [6, 6.07) is 6.39. The van der Waals surface area contributed by atoms with E-state index in [0.29, 0.717) is 6.04 Å². The van der Waals surface area contributed by atoms with Gasteiger partial charge in [0.05, 0.1) is 24.9 Å². The lowest BCUT2D eigenvalue weighted by Crippen LogP contribution is -2.30. The van der Waals surface area contributed by atoms with Gasteiger partial charge in [-0.25, -0.2) is 15.0 Å². The zero-order valence-electron chi connectivity index (χ0n) is 12.4. The molecule has 0 unspecified atom stereocenters. The second-order valence-corrected chi connectivity index (χ2v) is 5.33. The molecule has 3 aromatic rings. The van der Waals surface area contributed by atoms with Crippen LogP contribution in [0.2, 0.25) is 0 Å². The number of aromatic nitrogens is 4. The molecule has 0 atom stereocenters. The monoisotopic (exact) mass is 295 g/mol. The highest BCUT2D eigenvalue weighted by Crippen LogP contribution is 2.32. The van der Waals surface area contributed by atoms with Crippen molar-refractivity contribution in [1.82, 2.24) is 19.5 Å². The van der Waals surface area contributed by atoms with Crippen LogP contribution in [-0.4, -0.2) is 39.3 Å². The molecular weight excluding hydrogens is 278 g/mol. The number of ether oxygens (including phenoxy) is 1. The highest BCUT2D eigenvalue weighted by Gasteiger charge is 2.24. The third-order valence-corrected chi connectivity index (χ3v) is 3.90. The van der Waals surface area contributed by atoms with Gasteiger partial charge in [-0.15, -0.1) is 0 Å². The molecule has 1 aliphatic rings. The van der Waals surface area contributed by atoms with Gasteiger partial charge in [0.2, 0.25) is 0 Å². The van der Waals surface area contributed by atoms with E-state index in [1.54, 1.807) is 6.33 Å². The van der Waals surface area contributed by atoms with Gasteiger partial charge in [0.1, 0.15) is 17.8 Å². The van der Waals surface area contributed by atoms with Crippen LogP contribution in [0.5, 0.6) is 0 Å². The number of fused-ring (bicyclic) bond motifs is 1. The minimum absolute atomic E-state index is 0.362. The van der Waals surface area contributed by atoms with Gasteiger partial charge in [-0.2, -0.15) is 0 Å². The van der Waals surface area contributed by atoms with Crippen molar-refractivity contribution in [2.45, 2.75) is 13.0 Å². The fourth-order valence-corrected chi connectivity index (χ4v) is 2.73. The molecule has 1 saturated heterocycles. The highest BCUT2D eigenvalue weighted by molar-refractivity contribution is 5.93. The number of pyridine rings is 1. The Balaban J connectivity index is 1.86. The van der Waals surface area contributed by atoms with E-state index in [2.05, 4.69) is 37.1 Å². The summed E-state index contributed by atoms with van der Waals surface area (Å²) >= 11 is 0. The van der Waals surface area contributed by atoms with E-state index in [1.807, 2.05) is 25.3 Å². The quantitative estimate of drug-likeness (QED) is 0.801. The van der Waals surface area contributed by atoms with Crippen molar-refractivity contribution in [2.75, 3.05) is 25.1 Å². The van der Waals surface area contributed by atoms with Crippen LogP contribution in [-0.2, 0) is 4.74 Å². The summed E-state index contributed by atoms with van der Waals surface area (Å²) in [4.78, 5) is 13.2. The van der Waals surface area contributed by atoms with E-state index in [4.69, 9.17) is 4.74 Å². The van der Waals surface area contributed by atoms with Gasteiger partial charge >= 0.3 is 0 Å². The molecule has 0 bridgehead atoms. The molecule has 0 aliphatic carbocycles. The molecule has 1 aliphatic heterocycles. The van der Waals surface area contributed by atoms with Crippen LogP contribution in [0.4, 0.5) is 5.82 Å². The van der Waals surface area contributed by atoms with Crippen LogP contribution in [0.25, 0.3) is 22.3 Å². The maximum atomic E-state index is 5.32. The second kappa shape index (κ2) is 5.38. The number of rotatable bonds is 4. The number of anilines is 1. The number of nitrogens with zero attached hydrogens (tertiary/aromatic N) is 4. The predicted molar refractivity (Wildman–Crippen MR) is 84.8 cm³/mol. The van der Waals surface area contributed by atoms with Gasteiger partial charge < -0.3 is 14.6 Å². The largest absolute Gasteiger partial charge is 0.377 e. The van der Waals surface area contributed by atoms with Gasteiger partial charge in [0.15, 0.2) is 0 Å². The summed E-state index contributed by atoms with van der Waals surface area (Å²) in [5.41, 5.74) is 2.97. The van der Waals surface area contributed by atoms with Crippen molar-refractivity contribution in [3.63, 3.8) is 0 Å². The number of hydrogen-bond acceptors (Lipinski definition) is 5. The van der Waals surface area contributed by atoms with E-state index < -0.39 is 0 Å². The Kier molecular flexibility index (Phi) is 3.23. The third-order valence-electron chi connectivity index (χ3n) is 3.90.